The molecule has 3 N–H and O–H groups in total. The highest BCUT2D eigenvalue weighted by Gasteiger charge is 2.18. The Hall–Kier alpha value is -2.17. The van der Waals surface area contributed by atoms with Crippen LogP contribution in [0.25, 0.3) is 0 Å². The lowest BCUT2D eigenvalue weighted by Crippen LogP contribution is -2.18. The maximum atomic E-state index is 5.84. The molecule has 5 nitrogen and oxygen atoms in total. The van der Waals surface area contributed by atoms with Crippen LogP contribution in [-0.2, 0) is 11.8 Å². The first-order valence-electron chi connectivity index (χ1n) is 6.74. The van der Waals surface area contributed by atoms with Gasteiger partial charge in [-0.15, -0.1) is 0 Å². The zero-order valence-electron chi connectivity index (χ0n) is 12.2. The molecule has 0 aliphatic heterocycles. The first-order chi connectivity index (χ1) is 9.45. The highest BCUT2D eigenvalue weighted by Crippen LogP contribution is 2.21. The number of hydrogen-bond donors (Lipinski definition) is 2. The summed E-state index contributed by atoms with van der Waals surface area (Å²) >= 11 is 0. The van der Waals surface area contributed by atoms with Crippen molar-refractivity contribution in [3.8, 4) is 0 Å². The summed E-state index contributed by atoms with van der Waals surface area (Å²) < 4.78 is 0. The predicted molar refractivity (Wildman–Crippen MR) is 81.6 cm³/mol. The maximum absolute atomic E-state index is 5.84. The molecule has 0 spiro atoms. The van der Waals surface area contributed by atoms with Crippen LogP contribution in [0, 0.1) is 0 Å². The summed E-state index contributed by atoms with van der Waals surface area (Å²) in [5.74, 6) is 2.00. The van der Waals surface area contributed by atoms with E-state index >= 15 is 0 Å². The molecule has 0 radical (unpaired) electrons. The van der Waals surface area contributed by atoms with Gasteiger partial charge in [-0.1, -0.05) is 26.8 Å². The Morgan fingerprint density at radius 1 is 1.20 bits per heavy atom. The average molecular weight is 271 g/mol. The van der Waals surface area contributed by atoms with Crippen LogP contribution < -0.4 is 11.1 Å². The van der Waals surface area contributed by atoms with Crippen molar-refractivity contribution in [3.63, 3.8) is 0 Å². The molecular formula is C15H21N5. The minimum Gasteiger partial charge on any atom is -0.384 e. The molecule has 2 rings (SSSR count). The van der Waals surface area contributed by atoms with Gasteiger partial charge in [-0.05, 0) is 12.1 Å². The van der Waals surface area contributed by atoms with E-state index in [9.17, 15) is 0 Å². The smallest absolute Gasteiger partial charge is 0.138 e. The number of nitrogens with two attached hydrogens (primary N) is 1. The summed E-state index contributed by atoms with van der Waals surface area (Å²) in [7, 11) is 0. The summed E-state index contributed by atoms with van der Waals surface area (Å²) in [6.45, 7) is 6.97. The number of hydrogen-bond acceptors (Lipinski definition) is 5. The molecule has 106 valence electrons. The molecule has 0 bridgehead atoms. The molecule has 0 saturated carbocycles. The molecule has 0 aliphatic carbocycles. The quantitative estimate of drug-likeness (QED) is 0.893. The normalized spacial score (nSPS) is 11.3. The SMILES string of the molecule is CC(C)(C)c1nc(N)cc(NCCc2ccccn2)n1. The summed E-state index contributed by atoms with van der Waals surface area (Å²) in [5.41, 5.74) is 6.77. The van der Waals surface area contributed by atoms with Gasteiger partial charge in [0.25, 0.3) is 0 Å². The fourth-order valence-electron chi connectivity index (χ4n) is 1.76. The third-order valence-corrected chi connectivity index (χ3v) is 2.83. The lowest BCUT2D eigenvalue weighted by molar-refractivity contribution is 0.547. The van der Waals surface area contributed by atoms with Gasteiger partial charge in [-0.2, -0.15) is 0 Å². The van der Waals surface area contributed by atoms with Crippen molar-refractivity contribution in [3.05, 3.63) is 42.0 Å². The van der Waals surface area contributed by atoms with Crippen LogP contribution in [0.2, 0.25) is 0 Å². The number of nitrogens with one attached hydrogen (secondary N) is 1. The van der Waals surface area contributed by atoms with Crippen molar-refractivity contribution in [1.29, 1.82) is 0 Å². The molecule has 20 heavy (non-hydrogen) atoms. The van der Waals surface area contributed by atoms with Gasteiger partial charge in [0, 0.05) is 36.3 Å². The fraction of sp³-hybridized carbons (Fsp3) is 0.400. The highest BCUT2D eigenvalue weighted by molar-refractivity contribution is 5.45. The Bertz CT molecular complexity index is 560. The molecule has 0 unspecified atom stereocenters. The monoisotopic (exact) mass is 271 g/mol. The third-order valence-electron chi connectivity index (χ3n) is 2.83. The maximum Gasteiger partial charge on any atom is 0.138 e. The van der Waals surface area contributed by atoms with Crippen LogP contribution >= 0.6 is 0 Å². The Labute approximate surface area is 119 Å². The Balaban J connectivity index is 2.01. The van der Waals surface area contributed by atoms with Gasteiger partial charge < -0.3 is 11.1 Å². The minimum absolute atomic E-state index is 0.118. The van der Waals surface area contributed by atoms with Gasteiger partial charge in [-0.3, -0.25) is 4.98 Å². The molecular weight excluding hydrogens is 250 g/mol. The van der Waals surface area contributed by atoms with Crippen LogP contribution in [-0.4, -0.2) is 21.5 Å². The van der Waals surface area contributed by atoms with Gasteiger partial charge in [0.2, 0.25) is 0 Å². The molecule has 0 amide bonds. The molecule has 5 heteroatoms. The number of pyridine rings is 1. The fourth-order valence-corrected chi connectivity index (χ4v) is 1.76. The van der Waals surface area contributed by atoms with Crippen molar-refractivity contribution >= 4 is 11.6 Å². The predicted octanol–water partition coefficient (Wildman–Crippen LogP) is 2.41. The van der Waals surface area contributed by atoms with E-state index in [1.54, 1.807) is 12.3 Å². The van der Waals surface area contributed by atoms with E-state index in [1.165, 1.54) is 0 Å². The number of nitrogens with zero attached hydrogens (tertiary/aromatic N) is 3. The Morgan fingerprint density at radius 3 is 2.65 bits per heavy atom. The van der Waals surface area contributed by atoms with Crippen LogP contribution in [0.4, 0.5) is 11.6 Å². The lowest BCUT2D eigenvalue weighted by Gasteiger charge is -2.18. The molecule has 2 aromatic heterocycles. The van der Waals surface area contributed by atoms with E-state index in [0.29, 0.717) is 5.82 Å². The topological polar surface area (TPSA) is 76.7 Å². The van der Waals surface area contributed by atoms with Crippen molar-refractivity contribution in [1.82, 2.24) is 15.0 Å². The molecule has 2 aromatic rings. The van der Waals surface area contributed by atoms with Crippen LogP contribution in [0.5, 0.6) is 0 Å². The van der Waals surface area contributed by atoms with E-state index in [1.807, 2.05) is 18.2 Å². The average Bonchev–Trinajstić information content (AvgIpc) is 2.38. The van der Waals surface area contributed by atoms with Gasteiger partial charge in [0.15, 0.2) is 0 Å². The van der Waals surface area contributed by atoms with Gasteiger partial charge >= 0.3 is 0 Å². The first-order valence-corrected chi connectivity index (χ1v) is 6.74. The zero-order valence-corrected chi connectivity index (χ0v) is 12.2. The van der Waals surface area contributed by atoms with Crippen LogP contribution in [0.1, 0.15) is 32.3 Å². The lowest BCUT2D eigenvalue weighted by atomic mass is 9.96. The molecule has 2 heterocycles. The summed E-state index contributed by atoms with van der Waals surface area (Å²) in [5, 5.41) is 3.28. The Morgan fingerprint density at radius 2 is 2.00 bits per heavy atom. The van der Waals surface area contributed by atoms with Gasteiger partial charge in [0.1, 0.15) is 17.5 Å². The third kappa shape index (κ3) is 3.91. The van der Waals surface area contributed by atoms with Crippen molar-refractivity contribution in [2.75, 3.05) is 17.6 Å². The number of rotatable bonds is 4. The second kappa shape index (κ2) is 5.86. The Kier molecular flexibility index (Phi) is 4.17. The molecule has 0 aliphatic rings. The van der Waals surface area contributed by atoms with Crippen molar-refractivity contribution in [2.45, 2.75) is 32.6 Å². The van der Waals surface area contributed by atoms with Crippen molar-refractivity contribution in [2.24, 2.45) is 0 Å². The largest absolute Gasteiger partial charge is 0.384 e. The second-order valence-electron chi connectivity index (χ2n) is 5.75. The molecule has 0 saturated heterocycles. The summed E-state index contributed by atoms with van der Waals surface area (Å²) in [4.78, 5) is 13.1. The molecule has 0 aromatic carbocycles. The van der Waals surface area contributed by atoms with E-state index in [2.05, 4.69) is 41.0 Å². The number of nitrogen functional groups attached to an aromatic ring is 1. The van der Waals surface area contributed by atoms with Crippen molar-refractivity contribution < 1.29 is 0 Å². The molecule has 0 fully saturated rings. The van der Waals surface area contributed by atoms with E-state index in [-0.39, 0.29) is 5.41 Å². The van der Waals surface area contributed by atoms with Gasteiger partial charge in [0.05, 0.1) is 0 Å². The highest BCUT2D eigenvalue weighted by atomic mass is 15.1. The first kappa shape index (κ1) is 14.2. The summed E-state index contributed by atoms with van der Waals surface area (Å²) in [6, 6.07) is 7.67. The zero-order chi connectivity index (χ0) is 14.6. The van der Waals surface area contributed by atoms with Crippen LogP contribution in [0.15, 0.2) is 30.5 Å². The van der Waals surface area contributed by atoms with E-state index in [4.69, 9.17) is 5.73 Å². The van der Waals surface area contributed by atoms with E-state index < -0.39 is 0 Å². The molecule has 0 atom stereocenters. The number of aromatic nitrogens is 3. The number of anilines is 2. The second-order valence-corrected chi connectivity index (χ2v) is 5.75. The minimum atomic E-state index is -0.118. The van der Waals surface area contributed by atoms with Gasteiger partial charge in [-0.25, -0.2) is 9.97 Å². The summed E-state index contributed by atoms with van der Waals surface area (Å²) in [6.07, 6.45) is 2.64. The standard InChI is InChI=1S/C15H21N5/c1-15(2,3)14-19-12(16)10-13(20-14)18-9-7-11-6-4-5-8-17-11/h4-6,8,10H,7,9H2,1-3H3,(H3,16,18,19,20). The van der Waals surface area contributed by atoms with Crippen LogP contribution in [0.3, 0.4) is 0 Å². The van der Waals surface area contributed by atoms with E-state index in [0.717, 1.165) is 30.3 Å².